The van der Waals surface area contributed by atoms with Crippen LogP contribution in [0.25, 0.3) is 0 Å². The van der Waals surface area contributed by atoms with Crippen LogP contribution in [0.5, 0.6) is 0 Å². The predicted octanol–water partition coefficient (Wildman–Crippen LogP) is 4.44. The molecule has 0 radical (unpaired) electrons. The summed E-state index contributed by atoms with van der Waals surface area (Å²) in [6.45, 7) is 7.04. The van der Waals surface area contributed by atoms with E-state index in [0.29, 0.717) is 0 Å². The van der Waals surface area contributed by atoms with Gasteiger partial charge in [0.2, 0.25) is 0 Å². The Bertz CT molecular complexity index is 534. The van der Waals surface area contributed by atoms with Crippen LogP contribution >= 0.6 is 27.3 Å². The number of hydrogen-bond acceptors (Lipinski definition) is 3. The van der Waals surface area contributed by atoms with E-state index in [4.69, 9.17) is 0 Å². The van der Waals surface area contributed by atoms with Crippen LogP contribution in [0.15, 0.2) is 22.7 Å². The monoisotopic (exact) mass is 310 g/mol. The molecule has 0 aliphatic rings. The molecule has 2 aromatic rings. The van der Waals surface area contributed by atoms with Crippen LogP contribution in [-0.2, 0) is 6.54 Å². The van der Waals surface area contributed by atoms with Crippen molar-refractivity contribution in [3.63, 3.8) is 0 Å². The fourth-order valence-corrected chi connectivity index (χ4v) is 2.95. The molecule has 0 amide bonds. The average molecular weight is 311 g/mol. The molecule has 0 aliphatic heterocycles. The first-order valence-electron chi connectivity index (χ1n) is 5.49. The molecule has 1 aromatic carbocycles. The maximum atomic E-state index is 4.43. The lowest BCUT2D eigenvalue weighted by molar-refractivity contribution is 1.10. The molecule has 1 N–H and O–H groups in total. The Morgan fingerprint density at radius 1 is 1.29 bits per heavy atom. The number of nitrogens with one attached hydrogen (secondary N) is 1. The molecule has 90 valence electrons. The zero-order chi connectivity index (χ0) is 12.4. The van der Waals surface area contributed by atoms with Gasteiger partial charge in [-0.3, -0.25) is 0 Å². The fourth-order valence-electron chi connectivity index (χ4n) is 1.69. The van der Waals surface area contributed by atoms with Gasteiger partial charge in [-0.25, -0.2) is 4.98 Å². The van der Waals surface area contributed by atoms with E-state index in [2.05, 4.69) is 58.3 Å². The van der Waals surface area contributed by atoms with Crippen molar-refractivity contribution in [1.82, 2.24) is 4.98 Å². The Kier molecular flexibility index (Phi) is 3.84. The van der Waals surface area contributed by atoms with Crippen LogP contribution in [0.3, 0.4) is 0 Å². The summed E-state index contributed by atoms with van der Waals surface area (Å²) in [6.07, 6.45) is 0. The molecule has 0 saturated heterocycles. The van der Waals surface area contributed by atoms with E-state index in [1.807, 2.05) is 6.92 Å². The zero-order valence-electron chi connectivity index (χ0n) is 10.2. The highest BCUT2D eigenvalue weighted by molar-refractivity contribution is 9.10. The van der Waals surface area contributed by atoms with Gasteiger partial charge in [0, 0.05) is 15.0 Å². The lowest BCUT2D eigenvalue weighted by Crippen LogP contribution is -2.00. The minimum absolute atomic E-state index is 0.833. The van der Waals surface area contributed by atoms with E-state index in [9.17, 15) is 0 Å². The van der Waals surface area contributed by atoms with E-state index in [0.717, 1.165) is 27.4 Å². The number of halogens is 1. The molecule has 1 heterocycles. The molecule has 0 unspecified atom stereocenters. The number of anilines is 1. The van der Waals surface area contributed by atoms with Crippen molar-refractivity contribution < 1.29 is 0 Å². The maximum Gasteiger partial charge on any atom is 0.0900 e. The quantitative estimate of drug-likeness (QED) is 0.906. The van der Waals surface area contributed by atoms with Crippen molar-refractivity contribution in [2.24, 2.45) is 0 Å². The normalized spacial score (nSPS) is 10.6. The minimum Gasteiger partial charge on any atom is -0.379 e. The third-order valence-electron chi connectivity index (χ3n) is 2.56. The van der Waals surface area contributed by atoms with Crippen molar-refractivity contribution in [2.75, 3.05) is 5.32 Å². The van der Waals surface area contributed by atoms with Crippen LogP contribution in [-0.4, -0.2) is 4.98 Å². The molecular formula is C13H15BrN2S. The van der Waals surface area contributed by atoms with Crippen LogP contribution in [0.4, 0.5) is 5.69 Å². The number of benzene rings is 1. The topological polar surface area (TPSA) is 24.9 Å². The van der Waals surface area contributed by atoms with Gasteiger partial charge in [0.25, 0.3) is 0 Å². The van der Waals surface area contributed by atoms with E-state index < -0.39 is 0 Å². The Morgan fingerprint density at radius 3 is 2.71 bits per heavy atom. The number of rotatable bonds is 3. The number of hydrogen-bond donors (Lipinski definition) is 1. The Hall–Kier alpha value is -0.870. The molecule has 0 saturated carbocycles. The van der Waals surface area contributed by atoms with Crippen molar-refractivity contribution in [2.45, 2.75) is 27.3 Å². The molecule has 2 nitrogen and oxygen atoms in total. The van der Waals surface area contributed by atoms with Crippen LogP contribution in [0.2, 0.25) is 0 Å². The van der Waals surface area contributed by atoms with Crippen LogP contribution < -0.4 is 5.32 Å². The van der Waals surface area contributed by atoms with Crippen molar-refractivity contribution in [3.8, 4) is 0 Å². The van der Waals surface area contributed by atoms with Gasteiger partial charge in [0.15, 0.2) is 0 Å². The van der Waals surface area contributed by atoms with Gasteiger partial charge >= 0.3 is 0 Å². The molecule has 0 fully saturated rings. The fraction of sp³-hybridized carbons (Fsp3) is 0.308. The average Bonchev–Trinajstić information content (AvgIpc) is 2.59. The van der Waals surface area contributed by atoms with E-state index in [1.54, 1.807) is 11.3 Å². The molecular weight excluding hydrogens is 296 g/mol. The van der Waals surface area contributed by atoms with Gasteiger partial charge in [-0.1, -0.05) is 6.07 Å². The summed E-state index contributed by atoms with van der Waals surface area (Å²) in [6, 6.07) is 6.31. The highest BCUT2D eigenvalue weighted by Crippen LogP contribution is 2.25. The van der Waals surface area contributed by atoms with E-state index in [-0.39, 0.29) is 0 Å². The summed E-state index contributed by atoms with van der Waals surface area (Å²) in [4.78, 5) is 5.73. The summed E-state index contributed by atoms with van der Waals surface area (Å²) in [5, 5.41) is 4.58. The van der Waals surface area contributed by atoms with Crippen molar-refractivity contribution in [1.29, 1.82) is 0 Å². The third kappa shape index (κ3) is 3.07. The smallest absolute Gasteiger partial charge is 0.0900 e. The second-order valence-electron chi connectivity index (χ2n) is 4.08. The minimum atomic E-state index is 0.833. The molecule has 0 bridgehead atoms. The summed E-state index contributed by atoms with van der Waals surface area (Å²) < 4.78 is 1.10. The standard InChI is InChI=1S/C13H15BrN2S/c1-8-4-5-11(14)12(6-8)15-7-13-9(2)16-10(3)17-13/h4-6,15H,7H2,1-3H3. The number of thiazole rings is 1. The summed E-state index contributed by atoms with van der Waals surface area (Å²) in [5.41, 5.74) is 3.52. The lowest BCUT2D eigenvalue weighted by Gasteiger charge is -2.08. The number of nitrogens with zero attached hydrogens (tertiary/aromatic N) is 1. The first kappa shape index (κ1) is 12.6. The Morgan fingerprint density at radius 2 is 2.06 bits per heavy atom. The van der Waals surface area contributed by atoms with Crippen LogP contribution in [0.1, 0.15) is 21.1 Å². The molecule has 2 rings (SSSR count). The largest absolute Gasteiger partial charge is 0.379 e. The molecule has 0 aliphatic carbocycles. The van der Waals surface area contributed by atoms with Gasteiger partial charge in [-0.15, -0.1) is 11.3 Å². The molecule has 17 heavy (non-hydrogen) atoms. The molecule has 4 heteroatoms. The van der Waals surface area contributed by atoms with Gasteiger partial charge in [-0.05, 0) is 54.4 Å². The second kappa shape index (κ2) is 5.19. The van der Waals surface area contributed by atoms with Crippen molar-refractivity contribution >= 4 is 33.0 Å². The molecule has 0 spiro atoms. The van der Waals surface area contributed by atoms with Crippen molar-refractivity contribution in [3.05, 3.63) is 43.8 Å². The molecule has 0 atom stereocenters. The summed E-state index contributed by atoms with van der Waals surface area (Å²) >= 11 is 5.31. The first-order valence-corrected chi connectivity index (χ1v) is 7.10. The van der Waals surface area contributed by atoms with Crippen LogP contribution in [0, 0.1) is 20.8 Å². The molecule has 1 aromatic heterocycles. The Labute approximate surface area is 114 Å². The summed E-state index contributed by atoms with van der Waals surface area (Å²) in [5.74, 6) is 0. The van der Waals surface area contributed by atoms with Gasteiger partial charge < -0.3 is 5.32 Å². The van der Waals surface area contributed by atoms with E-state index >= 15 is 0 Å². The van der Waals surface area contributed by atoms with E-state index in [1.165, 1.54) is 10.4 Å². The Balaban J connectivity index is 2.12. The third-order valence-corrected chi connectivity index (χ3v) is 4.33. The zero-order valence-corrected chi connectivity index (χ0v) is 12.6. The number of aromatic nitrogens is 1. The SMILES string of the molecule is Cc1ccc(Br)c(NCc2sc(C)nc2C)c1. The summed E-state index contributed by atoms with van der Waals surface area (Å²) in [7, 11) is 0. The first-order chi connectivity index (χ1) is 8.06. The van der Waals surface area contributed by atoms with Gasteiger partial charge in [0.1, 0.15) is 0 Å². The number of aryl methyl sites for hydroxylation is 3. The van der Waals surface area contributed by atoms with Gasteiger partial charge in [0.05, 0.1) is 17.2 Å². The van der Waals surface area contributed by atoms with Gasteiger partial charge in [-0.2, -0.15) is 0 Å². The second-order valence-corrected chi connectivity index (χ2v) is 6.22. The highest BCUT2D eigenvalue weighted by Gasteiger charge is 2.05. The highest BCUT2D eigenvalue weighted by atomic mass is 79.9. The maximum absolute atomic E-state index is 4.43. The predicted molar refractivity (Wildman–Crippen MR) is 77.8 cm³/mol. The lowest BCUT2D eigenvalue weighted by atomic mass is 10.2.